The number of carbonyl (C=O) groups is 1. The van der Waals surface area contributed by atoms with Crippen LogP contribution in [0, 0.1) is 6.92 Å². The minimum atomic E-state index is -0.117. The molecule has 0 aliphatic heterocycles. The number of nitrogens with zero attached hydrogens (tertiary/aromatic N) is 1. The number of hydrogen-bond donors (Lipinski definition) is 1. The molecular formula is C19H20N2O2S. The molecule has 24 heavy (non-hydrogen) atoms. The van der Waals surface area contributed by atoms with Crippen LogP contribution in [0.5, 0.6) is 0 Å². The van der Waals surface area contributed by atoms with Crippen LogP contribution in [0.15, 0.2) is 64.6 Å². The van der Waals surface area contributed by atoms with Crippen LogP contribution in [0.4, 0.5) is 10.5 Å². The molecule has 0 saturated heterocycles. The summed E-state index contributed by atoms with van der Waals surface area (Å²) in [5.41, 5.74) is 1.92. The summed E-state index contributed by atoms with van der Waals surface area (Å²) < 4.78 is 5.40. The smallest absolute Gasteiger partial charge is 0.322 e. The normalized spacial score (nSPS) is 10.5. The lowest BCUT2D eigenvalue weighted by molar-refractivity contribution is 0.205. The minimum absolute atomic E-state index is 0.117. The van der Waals surface area contributed by atoms with Crippen LogP contribution in [0.2, 0.25) is 0 Å². The molecule has 0 saturated carbocycles. The van der Waals surface area contributed by atoms with Crippen molar-refractivity contribution in [3.63, 3.8) is 0 Å². The van der Waals surface area contributed by atoms with Gasteiger partial charge in [-0.25, -0.2) is 4.79 Å². The zero-order valence-corrected chi connectivity index (χ0v) is 14.4. The Morgan fingerprint density at radius 1 is 1.21 bits per heavy atom. The van der Waals surface area contributed by atoms with E-state index in [-0.39, 0.29) is 6.03 Å². The van der Waals surface area contributed by atoms with Crippen LogP contribution in [-0.4, -0.2) is 17.5 Å². The van der Waals surface area contributed by atoms with E-state index in [1.807, 2.05) is 49.4 Å². The third kappa shape index (κ3) is 4.49. The third-order valence-corrected chi connectivity index (χ3v) is 4.63. The van der Waals surface area contributed by atoms with Gasteiger partial charge in [-0.2, -0.15) is 0 Å². The van der Waals surface area contributed by atoms with Crippen molar-refractivity contribution in [1.29, 1.82) is 0 Å². The SMILES string of the molecule is Cc1cccc(NC(=O)N(CCc2cccs2)Cc2ccco2)c1. The van der Waals surface area contributed by atoms with Gasteiger partial charge in [0.15, 0.2) is 0 Å². The molecule has 0 bridgehead atoms. The van der Waals surface area contributed by atoms with Gasteiger partial charge < -0.3 is 14.6 Å². The maximum atomic E-state index is 12.7. The molecule has 124 valence electrons. The Morgan fingerprint density at radius 2 is 2.12 bits per heavy atom. The minimum Gasteiger partial charge on any atom is -0.467 e. The first-order valence-corrected chi connectivity index (χ1v) is 8.76. The number of aryl methyl sites for hydroxylation is 1. The van der Waals surface area contributed by atoms with E-state index in [1.54, 1.807) is 22.5 Å². The van der Waals surface area contributed by atoms with Crippen molar-refractivity contribution in [3.05, 3.63) is 76.4 Å². The van der Waals surface area contributed by atoms with Gasteiger partial charge in [-0.1, -0.05) is 18.2 Å². The van der Waals surface area contributed by atoms with Crippen molar-refractivity contribution in [2.75, 3.05) is 11.9 Å². The van der Waals surface area contributed by atoms with E-state index in [0.29, 0.717) is 13.1 Å². The Hall–Kier alpha value is -2.53. The summed E-state index contributed by atoms with van der Waals surface area (Å²) in [6.45, 7) is 3.10. The van der Waals surface area contributed by atoms with Crippen molar-refractivity contribution in [2.45, 2.75) is 19.9 Å². The van der Waals surface area contributed by atoms with Crippen molar-refractivity contribution in [3.8, 4) is 0 Å². The number of furan rings is 1. The van der Waals surface area contributed by atoms with E-state index < -0.39 is 0 Å². The lowest BCUT2D eigenvalue weighted by Gasteiger charge is -2.22. The van der Waals surface area contributed by atoms with Gasteiger partial charge in [0.05, 0.1) is 12.8 Å². The second-order valence-electron chi connectivity index (χ2n) is 5.63. The standard InChI is InChI=1S/C19H20N2O2S/c1-15-5-2-6-16(13-15)20-19(22)21(14-17-7-3-11-23-17)10-9-18-8-4-12-24-18/h2-8,11-13H,9-10,14H2,1H3,(H,20,22). The number of anilines is 1. The van der Waals surface area contributed by atoms with Crippen LogP contribution in [-0.2, 0) is 13.0 Å². The molecule has 0 aliphatic carbocycles. The summed E-state index contributed by atoms with van der Waals surface area (Å²) >= 11 is 1.71. The summed E-state index contributed by atoms with van der Waals surface area (Å²) in [6, 6.07) is 15.5. The fourth-order valence-corrected chi connectivity index (χ4v) is 3.17. The van der Waals surface area contributed by atoms with Crippen molar-refractivity contribution < 1.29 is 9.21 Å². The van der Waals surface area contributed by atoms with Gasteiger partial charge in [-0.3, -0.25) is 0 Å². The third-order valence-electron chi connectivity index (χ3n) is 3.69. The summed E-state index contributed by atoms with van der Waals surface area (Å²) in [7, 11) is 0. The van der Waals surface area contributed by atoms with E-state index in [4.69, 9.17) is 4.42 Å². The molecule has 2 amide bonds. The predicted octanol–water partition coefficient (Wildman–Crippen LogP) is 4.93. The van der Waals surface area contributed by atoms with Crippen molar-refractivity contribution >= 4 is 23.1 Å². The first-order valence-electron chi connectivity index (χ1n) is 7.88. The zero-order valence-electron chi connectivity index (χ0n) is 13.6. The first kappa shape index (κ1) is 16.3. The average molecular weight is 340 g/mol. The second kappa shape index (κ2) is 7.84. The van der Waals surface area contributed by atoms with Gasteiger partial charge in [-0.05, 0) is 54.6 Å². The molecule has 1 N–H and O–H groups in total. The molecular weight excluding hydrogens is 320 g/mol. The fraction of sp³-hybridized carbons (Fsp3) is 0.211. The highest BCUT2D eigenvalue weighted by Crippen LogP contribution is 2.15. The lowest BCUT2D eigenvalue weighted by Crippen LogP contribution is -2.35. The Morgan fingerprint density at radius 3 is 2.83 bits per heavy atom. The van der Waals surface area contributed by atoms with E-state index in [9.17, 15) is 4.79 Å². The molecule has 1 aromatic carbocycles. The quantitative estimate of drug-likeness (QED) is 0.692. The summed E-state index contributed by atoms with van der Waals surface area (Å²) in [4.78, 5) is 15.7. The van der Waals surface area contributed by atoms with Gasteiger partial charge in [-0.15, -0.1) is 11.3 Å². The Labute approximate surface area is 145 Å². The van der Waals surface area contributed by atoms with E-state index in [1.165, 1.54) is 4.88 Å². The molecule has 5 heteroatoms. The number of urea groups is 1. The van der Waals surface area contributed by atoms with E-state index >= 15 is 0 Å². The molecule has 0 radical (unpaired) electrons. The molecule has 0 unspecified atom stereocenters. The Bertz CT molecular complexity index is 767. The predicted molar refractivity (Wildman–Crippen MR) is 97.3 cm³/mol. The zero-order chi connectivity index (χ0) is 16.8. The second-order valence-corrected chi connectivity index (χ2v) is 6.66. The highest BCUT2D eigenvalue weighted by Gasteiger charge is 2.16. The molecule has 4 nitrogen and oxygen atoms in total. The van der Waals surface area contributed by atoms with Crippen LogP contribution >= 0.6 is 11.3 Å². The first-order chi connectivity index (χ1) is 11.7. The number of thiophene rings is 1. The monoisotopic (exact) mass is 340 g/mol. The number of benzene rings is 1. The number of nitrogens with one attached hydrogen (secondary N) is 1. The highest BCUT2D eigenvalue weighted by molar-refractivity contribution is 7.09. The maximum absolute atomic E-state index is 12.7. The summed E-state index contributed by atoms with van der Waals surface area (Å²) in [5, 5.41) is 5.03. The van der Waals surface area contributed by atoms with Crippen LogP contribution in [0.3, 0.4) is 0 Å². The number of hydrogen-bond acceptors (Lipinski definition) is 3. The molecule has 0 atom stereocenters. The van der Waals surface area contributed by atoms with Gasteiger partial charge in [0, 0.05) is 17.1 Å². The molecule has 0 aliphatic rings. The van der Waals surface area contributed by atoms with Crippen LogP contribution in [0.1, 0.15) is 16.2 Å². The molecule has 2 heterocycles. The largest absolute Gasteiger partial charge is 0.467 e. The molecule has 3 rings (SSSR count). The van der Waals surface area contributed by atoms with Gasteiger partial charge in [0.1, 0.15) is 5.76 Å². The average Bonchev–Trinajstić information content (AvgIpc) is 3.25. The molecule has 3 aromatic rings. The van der Waals surface area contributed by atoms with Gasteiger partial charge in [0.2, 0.25) is 0 Å². The Balaban J connectivity index is 1.68. The summed E-state index contributed by atoms with van der Waals surface area (Å²) in [6.07, 6.45) is 2.46. The molecule has 0 fully saturated rings. The van der Waals surface area contributed by atoms with E-state index in [0.717, 1.165) is 23.4 Å². The maximum Gasteiger partial charge on any atom is 0.322 e. The van der Waals surface area contributed by atoms with E-state index in [2.05, 4.69) is 16.8 Å². The number of carbonyl (C=O) groups excluding carboxylic acids is 1. The topological polar surface area (TPSA) is 45.5 Å². The molecule has 0 spiro atoms. The fourth-order valence-electron chi connectivity index (χ4n) is 2.47. The lowest BCUT2D eigenvalue weighted by atomic mass is 10.2. The van der Waals surface area contributed by atoms with Crippen LogP contribution in [0.25, 0.3) is 0 Å². The van der Waals surface area contributed by atoms with Crippen molar-refractivity contribution in [2.24, 2.45) is 0 Å². The summed E-state index contributed by atoms with van der Waals surface area (Å²) in [5.74, 6) is 0.778. The highest BCUT2D eigenvalue weighted by atomic mass is 32.1. The molecule has 2 aromatic heterocycles. The Kier molecular flexibility index (Phi) is 5.33. The van der Waals surface area contributed by atoms with Gasteiger partial charge >= 0.3 is 6.03 Å². The number of rotatable bonds is 6. The van der Waals surface area contributed by atoms with Gasteiger partial charge in [0.25, 0.3) is 0 Å². The number of amides is 2. The van der Waals surface area contributed by atoms with Crippen molar-refractivity contribution in [1.82, 2.24) is 4.90 Å². The van der Waals surface area contributed by atoms with Crippen LogP contribution < -0.4 is 5.32 Å².